The minimum Gasteiger partial charge on any atom is -0.314 e. The van der Waals surface area contributed by atoms with E-state index in [4.69, 9.17) is 5.26 Å². The average molecular weight is 414 g/mol. The van der Waals surface area contributed by atoms with Crippen molar-refractivity contribution >= 4 is 47.4 Å². The van der Waals surface area contributed by atoms with Crippen molar-refractivity contribution < 1.29 is 0 Å². The van der Waals surface area contributed by atoms with E-state index in [0.717, 1.165) is 26.2 Å². The van der Waals surface area contributed by atoms with Crippen molar-refractivity contribution in [1.29, 1.82) is 5.26 Å². The number of nitrogens with zero attached hydrogens (tertiary/aromatic N) is 2. The molecule has 1 aliphatic rings. The lowest BCUT2D eigenvalue weighted by Crippen LogP contribution is -2.45. The molecule has 106 valence electrons. The molecular weight excluding hydrogens is 396 g/mol. The van der Waals surface area contributed by atoms with Crippen molar-refractivity contribution in [2.24, 2.45) is 0 Å². The van der Waals surface area contributed by atoms with Crippen molar-refractivity contribution in [3.63, 3.8) is 0 Å². The van der Waals surface area contributed by atoms with Gasteiger partial charge in [-0.2, -0.15) is 5.26 Å². The lowest BCUT2D eigenvalue weighted by molar-refractivity contribution is 0.175. The fraction of sp³-hybridized carbons (Fsp3) is 0.462. The molecule has 0 spiro atoms. The summed E-state index contributed by atoms with van der Waals surface area (Å²) in [7, 11) is 0. The lowest BCUT2D eigenvalue weighted by atomic mass is 10.0. The SMILES string of the molecule is Cl.Cl.N#CC[C@@H](c1cccc(I)c1)N1CCNCC1. The fourth-order valence-corrected chi connectivity index (χ4v) is 2.82. The molecule has 0 unspecified atom stereocenters. The van der Waals surface area contributed by atoms with Gasteiger partial charge in [-0.25, -0.2) is 0 Å². The van der Waals surface area contributed by atoms with Gasteiger partial charge in [0.05, 0.1) is 12.5 Å². The summed E-state index contributed by atoms with van der Waals surface area (Å²) in [5, 5.41) is 12.4. The highest BCUT2D eigenvalue weighted by Crippen LogP contribution is 2.25. The average Bonchev–Trinajstić information content (AvgIpc) is 2.37. The second kappa shape index (κ2) is 9.78. The number of nitriles is 1. The van der Waals surface area contributed by atoms with Crippen molar-refractivity contribution in [2.75, 3.05) is 26.2 Å². The Labute approximate surface area is 140 Å². The van der Waals surface area contributed by atoms with Gasteiger partial charge in [0, 0.05) is 35.8 Å². The monoisotopic (exact) mass is 413 g/mol. The molecule has 1 saturated heterocycles. The van der Waals surface area contributed by atoms with Crippen LogP contribution in [-0.4, -0.2) is 31.1 Å². The van der Waals surface area contributed by atoms with E-state index in [1.165, 1.54) is 9.13 Å². The molecule has 1 heterocycles. The maximum Gasteiger partial charge on any atom is 0.0641 e. The summed E-state index contributed by atoms with van der Waals surface area (Å²) in [5.41, 5.74) is 1.26. The van der Waals surface area contributed by atoms with Gasteiger partial charge in [0.25, 0.3) is 0 Å². The molecule has 0 bridgehead atoms. The zero-order valence-corrected chi connectivity index (χ0v) is 14.3. The van der Waals surface area contributed by atoms with Crippen LogP contribution in [0.15, 0.2) is 24.3 Å². The Morgan fingerprint density at radius 3 is 2.58 bits per heavy atom. The van der Waals surface area contributed by atoms with Crippen LogP contribution in [0.4, 0.5) is 0 Å². The number of rotatable bonds is 3. The zero-order valence-electron chi connectivity index (χ0n) is 10.5. The normalized spacial score (nSPS) is 16.6. The van der Waals surface area contributed by atoms with Crippen molar-refractivity contribution in [2.45, 2.75) is 12.5 Å². The van der Waals surface area contributed by atoms with E-state index >= 15 is 0 Å². The van der Waals surface area contributed by atoms with Crippen LogP contribution in [0.3, 0.4) is 0 Å². The number of piperazine rings is 1. The third kappa shape index (κ3) is 5.44. The standard InChI is InChI=1S/C13H16IN3.2ClH/c14-12-3-1-2-11(10-12)13(4-5-15)17-8-6-16-7-9-17;;/h1-3,10,13,16H,4,6-9H2;2*1H/t13-;;/m0../s1. The first kappa shape index (κ1) is 18.9. The molecule has 3 nitrogen and oxygen atoms in total. The topological polar surface area (TPSA) is 39.1 Å². The van der Waals surface area contributed by atoms with E-state index in [1.54, 1.807) is 0 Å². The molecule has 1 fully saturated rings. The highest BCUT2D eigenvalue weighted by atomic mass is 127. The number of benzene rings is 1. The van der Waals surface area contributed by atoms with E-state index < -0.39 is 0 Å². The van der Waals surface area contributed by atoms with Gasteiger partial charge >= 0.3 is 0 Å². The van der Waals surface area contributed by atoms with E-state index in [2.05, 4.69) is 63.1 Å². The number of halogens is 3. The molecule has 0 aliphatic carbocycles. The Kier molecular flexibility index (Phi) is 9.75. The molecule has 0 amide bonds. The summed E-state index contributed by atoms with van der Waals surface area (Å²) in [6.45, 7) is 4.09. The summed E-state index contributed by atoms with van der Waals surface area (Å²) in [5.74, 6) is 0. The Hall–Kier alpha value is -0.0600. The fourth-order valence-electron chi connectivity index (χ4n) is 2.25. The Balaban J connectivity index is 0.00000162. The van der Waals surface area contributed by atoms with Crippen LogP contribution in [0.1, 0.15) is 18.0 Å². The van der Waals surface area contributed by atoms with Gasteiger partial charge in [0.2, 0.25) is 0 Å². The largest absolute Gasteiger partial charge is 0.314 e. The molecule has 19 heavy (non-hydrogen) atoms. The van der Waals surface area contributed by atoms with E-state index in [0.29, 0.717) is 6.42 Å². The lowest BCUT2D eigenvalue weighted by Gasteiger charge is -2.34. The quantitative estimate of drug-likeness (QED) is 0.774. The minimum atomic E-state index is 0. The van der Waals surface area contributed by atoms with Gasteiger partial charge in [-0.1, -0.05) is 12.1 Å². The molecular formula is C13H18Cl2IN3. The number of hydrogen-bond acceptors (Lipinski definition) is 3. The first-order chi connectivity index (χ1) is 8.31. The molecule has 0 radical (unpaired) electrons. The van der Waals surface area contributed by atoms with E-state index in [1.807, 2.05) is 0 Å². The van der Waals surface area contributed by atoms with Gasteiger partial charge in [-0.05, 0) is 40.3 Å². The summed E-state index contributed by atoms with van der Waals surface area (Å²) < 4.78 is 1.23. The molecule has 1 atom stereocenters. The first-order valence-electron chi connectivity index (χ1n) is 5.88. The van der Waals surface area contributed by atoms with Crippen LogP contribution in [0.25, 0.3) is 0 Å². The van der Waals surface area contributed by atoms with Gasteiger partial charge in [-0.15, -0.1) is 24.8 Å². The predicted molar refractivity (Wildman–Crippen MR) is 91.1 cm³/mol. The van der Waals surface area contributed by atoms with Crippen LogP contribution >= 0.6 is 47.4 Å². The molecule has 0 aromatic heterocycles. The van der Waals surface area contributed by atoms with Crippen LogP contribution in [0, 0.1) is 14.9 Å². The maximum absolute atomic E-state index is 9.00. The van der Waals surface area contributed by atoms with Crippen LogP contribution in [-0.2, 0) is 0 Å². The molecule has 0 saturated carbocycles. The first-order valence-corrected chi connectivity index (χ1v) is 6.96. The summed E-state index contributed by atoms with van der Waals surface area (Å²) >= 11 is 2.32. The zero-order chi connectivity index (χ0) is 12.1. The molecule has 1 aromatic carbocycles. The number of nitrogens with one attached hydrogen (secondary N) is 1. The van der Waals surface area contributed by atoms with Crippen molar-refractivity contribution in [1.82, 2.24) is 10.2 Å². The minimum absolute atomic E-state index is 0. The summed E-state index contributed by atoms with van der Waals surface area (Å²) in [6.07, 6.45) is 0.570. The highest BCUT2D eigenvalue weighted by molar-refractivity contribution is 14.1. The second-order valence-corrected chi connectivity index (χ2v) is 5.46. The molecule has 1 aliphatic heterocycles. The Bertz CT molecular complexity index is 417. The van der Waals surface area contributed by atoms with Crippen LogP contribution in [0.5, 0.6) is 0 Å². The van der Waals surface area contributed by atoms with Gasteiger partial charge in [0.1, 0.15) is 0 Å². The van der Waals surface area contributed by atoms with Crippen LogP contribution in [0.2, 0.25) is 0 Å². The molecule has 6 heteroatoms. The molecule has 1 aromatic rings. The smallest absolute Gasteiger partial charge is 0.0641 e. The molecule has 1 N–H and O–H groups in total. The molecule has 2 rings (SSSR count). The second-order valence-electron chi connectivity index (χ2n) is 4.22. The maximum atomic E-state index is 9.00. The Morgan fingerprint density at radius 1 is 1.32 bits per heavy atom. The third-order valence-corrected chi connectivity index (χ3v) is 3.78. The van der Waals surface area contributed by atoms with Crippen LogP contribution < -0.4 is 5.32 Å². The summed E-state index contributed by atoms with van der Waals surface area (Å²) in [6, 6.07) is 11.0. The van der Waals surface area contributed by atoms with Crippen molar-refractivity contribution in [3.05, 3.63) is 33.4 Å². The third-order valence-electron chi connectivity index (χ3n) is 3.11. The van der Waals surface area contributed by atoms with E-state index in [-0.39, 0.29) is 30.9 Å². The van der Waals surface area contributed by atoms with Gasteiger partial charge in [0.15, 0.2) is 0 Å². The van der Waals surface area contributed by atoms with E-state index in [9.17, 15) is 0 Å². The van der Waals surface area contributed by atoms with Gasteiger partial charge in [-0.3, -0.25) is 4.90 Å². The van der Waals surface area contributed by atoms with Crippen molar-refractivity contribution in [3.8, 4) is 6.07 Å². The summed E-state index contributed by atoms with van der Waals surface area (Å²) in [4.78, 5) is 2.41. The highest BCUT2D eigenvalue weighted by Gasteiger charge is 2.21. The Morgan fingerprint density at radius 2 is 2.00 bits per heavy atom. The predicted octanol–water partition coefficient (Wildman–Crippen LogP) is 2.99. The number of hydrogen-bond donors (Lipinski definition) is 1. The van der Waals surface area contributed by atoms with Gasteiger partial charge < -0.3 is 5.32 Å².